The Bertz CT molecular complexity index is 1470. The molecule has 0 bridgehead atoms. The van der Waals surface area contributed by atoms with E-state index in [1.54, 1.807) is 23.4 Å². The van der Waals surface area contributed by atoms with Crippen molar-refractivity contribution in [2.45, 2.75) is 24.4 Å². The molecule has 2 heterocycles. The molecule has 0 saturated carbocycles. The van der Waals surface area contributed by atoms with Crippen molar-refractivity contribution in [1.29, 1.82) is 0 Å². The first-order valence-corrected chi connectivity index (χ1v) is 12.3. The highest BCUT2D eigenvalue weighted by Gasteiger charge is 2.18. The van der Waals surface area contributed by atoms with Crippen LogP contribution in [-0.4, -0.2) is 26.4 Å². The largest absolute Gasteiger partial charge is 0.497 e. The minimum absolute atomic E-state index is 0.00501. The first-order valence-electron chi connectivity index (χ1n) is 10.5. The number of thiazole rings is 1. The second-order valence-corrected chi connectivity index (χ2v) is 9.50. The van der Waals surface area contributed by atoms with Gasteiger partial charge in [0.25, 0.3) is 0 Å². The van der Waals surface area contributed by atoms with Gasteiger partial charge in [-0.05, 0) is 54.4 Å². The highest BCUT2D eigenvalue weighted by atomic mass is 32.2. The predicted octanol–water partition coefficient (Wildman–Crippen LogP) is 5.30. The molecule has 0 spiro atoms. The first-order chi connectivity index (χ1) is 16.1. The molecule has 6 nitrogen and oxygen atoms in total. The van der Waals surface area contributed by atoms with Gasteiger partial charge in [0.05, 0.1) is 23.9 Å². The van der Waals surface area contributed by atoms with E-state index in [-0.39, 0.29) is 4.87 Å². The quantitative estimate of drug-likeness (QED) is 0.300. The smallest absolute Gasteiger partial charge is 0.308 e. The maximum absolute atomic E-state index is 12.7. The summed E-state index contributed by atoms with van der Waals surface area (Å²) in [5.41, 5.74) is 4.34. The molecule has 0 saturated heterocycles. The van der Waals surface area contributed by atoms with Crippen LogP contribution in [0.4, 0.5) is 0 Å². The lowest BCUT2D eigenvalue weighted by Gasteiger charge is -2.12. The molecule has 0 amide bonds. The Balaban J connectivity index is 1.55. The highest BCUT2D eigenvalue weighted by Crippen LogP contribution is 2.28. The second-order valence-electron chi connectivity index (χ2n) is 7.57. The summed E-state index contributed by atoms with van der Waals surface area (Å²) in [4.78, 5) is 12.7. The predicted molar refractivity (Wildman–Crippen MR) is 134 cm³/mol. The average molecular weight is 475 g/mol. The molecule has 0 aliphatic heterocycles. The number of ether oxygens (including phenoxy) is 1. The molecule has 33 heavy (non-hydrogen) atoms. The van der Waals surface area contributed by atoms with Crippen molar-refractivity contribution in [1.82, 2.24) is 19.3 Å². The van der Waals surface area contributed by atoms with E-state index in [0.29, 0.717) is 12.4 Å². The minimum atomic E-state index is -0.00501. The molecule has 0 radical (unpaired) electrons. The summed E-state index contributed by atoms with van der Waals surface area (Å²) in [6, 6.07) is 24.0. The molecule has 0 unspecified atom stereocenters. The number of aromatic nitrogens is 4. The standard InChI is InChI=1S/C25H22N4O2S2/c1-17-7-3-4-8-18(17)16-32-24-27-26-23(29(24)19-11-13-20(31-2)14-12-19)15-28-21-9-5-6-10-22(21)33-25(28)30/h3-14H,15-16H2,1-2H3. The maximum atomic E-state index is 12.7. The fraction of sp³-hybridized carbons (Fsp3) is 0.160. The summed E-state index contributed by atoms with van der Waals surface area (Å²) in [6.07, 6.45) is 0. The lowest BCUT2D eigenvalue weighted by molar-refractivity contribution is 0.414. The van der Waals surface area contributed by atoms with Crippen molar-refractivity contribution in [2.24, 2.45) is 0 Å². The third-order valence-electron chi connectivity index (χ3n) is 5.52. The third-order valence-corrected chi connectivity index (χ3v) is 7.46. The lowest BCUT2D eigenvalue weighted by atomic mass is 10.1. The normalized spacial score (nSPS) is 11.2. The van der Waals surface area contributed by atoms with Gasteiger partial charge in [-0.1, -0.05) is 59.5 Å². The van der Waals surface area contributed by atoms with Crippen molar-refractivity contribution in [2.75, 3.05) is 7.11 Å². The van der Waals surface area contributed by atoms with Crippen LogP contribution in [0.25, 0.3) is 15.9 Å². The van der Waals surface area contributed by atoms with Crippen LogP contribution < -0.4 is 9.61 Å². The van der Waals surface area contributed by atoms with E-state index >= 15 is 0 Å². The average Bonchev–Trinajstić information content (AvgIpc) is 3.39. The highest BCUT2D eigenvalue weighted by molar-refractivity contribution is 7.98. The van der Waals surface area contributed by atoms with E-state index in [9.17, 15) is 4.79 Å². The number of aryl methyl sites for hydroxylation is 1. The van der Waals surface area contributed by atoms with Gasteiger partial charge < -0.3 is 4.74 Å². The van der Waals surface area contributed by atoms with Crippen molar-refractivity contribution < 1.29 is 4.74 Å². The van der Waals surface area contributed by atoms with Gasteiger partial charge in [0.2, 0.25) is 0 Å². The van der Waals surface area contributed by atoms with E-state index < -0.39 is 0 Å². The van der Waals surface area contributed by atoms with Crippen LogP contribution in [0.2, 0.25) is 0 Å². The summed E-state index contributed by atoms with van der Waals surface area (Å²) in [6.45, 7) is 2.45. The van der Waals surface area contributed by atoms with Crippen LogP contribution >= 0.6 is 23.1 Å². The van der Waals surface area contributed by atoms with Crippen LogP contribution in [0, 0.1) is 6.92 Å². The van der Waals surface area contributed by atoms with Gasteiger partial charge in [-0.3, -0.25) is 13.9 Å². The zero-order chi connectivity index (χ0) is 22.8. The van der Waals surface area contributed by atoms with E-state index in [2.05, 4.69) is 35.3 Å². The second kappa shape index (κ2) is 9.25. The van der Waals surface area contributed by atoms with Crippen molar-refractivity contribution in [3.05, 3.63) is 99.4 Å². The van der Waals surface area contributed by atoms with Crippen LogP contribution in [0.1, 0.15) is 17.0 Å². The SMILES string of the molecule is COc1ccc(-n2c(Cn3c(=O)sc4ccccc43)nnc2SCc2ccccc2C)cc1. The van der Waals surface area contributed by atoms with Crippen LogP contribution in [0.3, 0.4) is 0 Å². The van der Waals surface area contributed by atoms with Gasteiger partial charge in [-0.25, -0.2) is 0 Å². The fourth-order valence-electron chi connectivity index (χ4n) is 3.71. The first kappa shape index (κ1) is 21.5. The van der Waals surface area contributed by atoms with Gasteiger partial charge in [-0.2, -0.15) is 0 Å². The zero-order valence-electron chi connectivity index (χ0n) is 18.3. The van der Waals surface area contributed by atoms with Gasteiger partial charge in [-0.15, -0.1) is 10.2 Å². The maximum Gasteiger partial charge on any atom is 0.308 e. The Labute approximate surface area is 199 Å². The van der Waals surface area contributed by atoms with Gasteiger partial charge in [0, 0.05) is 11.4 Å². The Morgan fingerprint density at radius 2 is 1.73 bits per heavy atom. The summed E-state index contributed by atoms with van der Waals surface area (Å²) < 4.78 is 10.1. The van der Waals surface area contributed by atoms with Gasteiger partial charge in [0.15, 0.2) is 11.0 Å². The lowest BCUT2D eigenvalue weighted by Crippen LogP contribution is -2.16. The molecule has 5 rings (SSSR count). The number of benzene rings is 3. The van der Waals surface area contributed by atoms with Gasteiger partial charge in [0.1, 0.15) is 5.75 Å². The Morgan fingerprint density at radius 3 is 2.52 bits per heavy atom. The molecule has 8 heteroatoms. The third kappa shape index (κ3) is 4.31. The molecule has 5 aromatic rings. The van der Waals surface area contributed by atoms with Gasteiger partial charge >= 0.3 is 4.87 Å². The molecular formula is C25H22N4O2S2. The molecule has 166 valence electrons. The molecular weight excluding hydrogens is 452 g/mol. The Kier molecular flexibility index (Phi) is 6.02. The van der Waals surface area contributed by atoms with Crippen LogP contribution in [0.15, 0.2) is 82.7 Å². The molecule has 0 N–H and O–H groups in total. The number of nitrogens with zero attached hydrogens (tertiary/aromatic N) is 4. The molecule has 3 aromatic carbocycles. The zero-order valence-corrected chi connectivity index (χ0v) is 19.9. The number of rotatable bonds is 7. The summed E-state index contributed by atoms with van der Waals surface area (Å²) >= 11 is 2.88. The van der Waals surface area contributed by atoms with E-state index in [0.717, 1.165) is 32.6 Å². The number of thioether (sulfide) groups is 1. The molecule has 0 aliphatic carbocycles. The number of hydrogen-bond acceptors (Lipinski definition) is 6. The molecule has 0 fully saturated rings. The summed E-state index contributed by atoms with van der Waals surface area (Å²) in [5.74, 6) is 2.27. The van der Waals surface area contributed by atoms with E-state index in [1.165, 1.54) is 22.5 Å². The van der Waals surface area contributed by atoms with E-state index in [4.69, 9.17) is 4.74 Å². The van der Waals surface area contributed by atoms with Crippen molar-refractivity contribution in [3.8, 4) is 11.4 Å². The Morgan fingerprint density at radius 1 is 0.970 bits per heavy atom. The van der Waals surface area contributed by atoms with Crippen LogP contribution in [-0.2, 0) is 12.3 Å². The van der Waals surface area contributed by atoms with E-state index in [1.807, 2.05) is 59.2 Å². The monoisotopic (exact) mass is 474 g/mol. The van der Waals surface area contributed by atoms with Crippen LogP contribution in [0.5, 0.6) is 5.75 Å². The molecule has 0 atom stereocenters. The topological polar surface area (TPSA) is 61.9 Å². The molecule has 0 aliphatic rings. The summed E-state index contributed by atoms with van der Waals surface area (Å²) in [7, 11) is 1.65. The van der Waals surface area contributed by atoms with Crippen molar-refractivity contribution in [3.63, 3.8) is 0 Å². The van der Waals surface area contributed by atoms with Crippen molar-refractivity contribution >= 4 is 33.3 Å². The number of hydrogen-bond donors (Lipinski definition) is 0. The molecule has 2 aromatic heterocycles. The minimum Gasteiger partial charge on any atom is -0.497 e. The number of para-hydroxylation sites is 1. The number of methoxy groups -OCH3 is 1. The number of fused-ring (bicyclic) bond motifs is 1. The summed E-state index contributed by atoms with van der Waals surface area (Å²) in [5, 5.41) is 9.78. The fourth-order valence-corrected chi connectivity index (χ4v) is 5.64. The Hall–Kier alpha value is -3.36.